The second-order valence-corrected chi connectivity index (χ2v) is 11.1. The van der Waals surface area contributed by atoms with E-state index in [1.54, 1.807) is 24.5 Å². The number of rotatable bonds is 5. The van der Waals surface area contributed by atoms with Gasteiger partial charge in [0.25, 0.3) is 10.0 Å². The van der Waals surface area contributed by atoms with Crippen molar-refractivity contribution in [3.8, 4) is 11.5 Å². The zero-order valence-electron chi connectivity index (χ0n) is 18.3. The molecule has 4 rings (SSSR count). The number of hydrogen-bond donors (Lipinski definition) is 2. The number of aromatic nitrogens is 4. The normalized spacial score (nSPS) is 17.3. The highest BCUT2D eigenvalue weighted by molar-refractivity contribution is 7.92. The summed E-state index contributed by atoms with van der Waals surface area (Å²) in [6.07, 6.45) is 5.16. The lowest BCUT2D eigenvalue weighted by molar-refractivity contribution is 0.373. The smallest absolute Gasteiger partial charge is 0.261 e. The van der Waals surface area contributed by atoms with Gasteiger partial charge in [0.1, 0.15) is 12.0 Å². The van der Waals surface area contributed by atoms with Gasteiger partial charge >= 0.3 is 0 Å². The first kappa shape index (κ1) is 22.7. The van der Waals surface area contributed by atoms with E-state index in [1.165, 1.54) is 6.20 Å². The number of hydrogen-bond acceptors (Lipinski definition) is 6. The van der Waals surface area contributed by atoms with Gasteiger partial charge in [-0.25, -0.2) is 13.4 Å². The van der Waals surface area contributed by atoms with Gasteiger partial charge in [0, 0.05) is 18.8 Å². The van der Waals surface area contributed by atoms with Crippen molar-refractivity contribution in [1.82, 2.24) is 25.1 Å². The van der Waals surface area contributed by atoms with Gasteiger partial charge in [-0.1, -0.05) is 44.5 Å². The van der Waals surface area contributed by atoms with Gasteiger partial charge in [0.15, 0.2) is 5.82 Å². The molecule has 1 saturated heterocycles. The van der Waals surface area contributed by atoms with Crippen LogP contribution in [-0.2, 0) is 15.4 Å². The SMILES string of the molecule is CC(C)(C)c1ccc(S(=O)(=O)Nc2cc(Cl)cnc2-c2nncn2C2CCCNC2)cc1. The first-order chi connectivity index (χ1) is 15.1. The molecule has 8 nitrogen and oxygen atoms in total. The fourth-order valence-corrected chi connectivity index (χ4v) is 5.00. The van der Waals surface area contributed by atoms with Crippen LogP contribution < -0.4 is 10.0 Å². The number of nitrogens with one attached hydrogen (secondary N) is 2. The van der Waals surface area contributed by atoms with Crippen LogP contribution in [0.3, 0.4) is 0 Å². The molecule has 1 aliphatic rings. The van der Waals surface area contributed by atoms with Crippen LogP contribution in [0.4, 0.5) is 5.69 Å². The maximum absolute atomic E-state index is 13.1. The Morgan fingerprint density at radius 2 is 1.97 bits per heavy atom. The molecule has 3 heterocycles. The minimum atomic E-state index is -3.86. The van der Waals surface area contributed by atoms with Crippen LogP contribution in [0.15, 0.2) is 47.8 Å². The predicted molar refractivity (Wildman–Crippen MR) is 125 cm³/mol. The van der Waals surface area contributed by atoms with Gasteiger partial charge in [-0.2, -0.15) is 0 Å². The molecule has 0 radical (unpaired) electrons. The molecule has 1 unspecified atom stereocenters. The molecule has 10 heteroatoms. The van der Waals surface area contributed by atoms with Crippen LogP contribution in [0.1, 0.15) is 45.2 Å². The lowest BCUT2D eigenvalue weighted by Gasteiger charge is -2.25. The summed E-state index contributed by atoms with van der Waals surface area (Å²) in [4.78, 5) is 4.56. The zero-order chi connectivity index (χ0) is 22.9. The van der Waals surface area contributed by atoms with Crippen molar-refractivity contribution in [2.24, 2.45) is 0 Å². The maximum Gasteiger partial charge on any atom is 0.261 e. The molecule has 1 fully saturated rings. The summed E-state index contributed by atoms with van der Waals surface area (Å²) >= 11 is 6.16. The Morgan fingerprint density at radius 3 is 2.62 bits per heavy atom. The lowest BCUT2D eigenvalue weighted by atomic mass is 9.87. The number of anilines is 1. The highest BCUT2D eigenvalue weighted by atomic mass is 35.5. The van der Waals surface area contributed by atoms with Crippen LogP contribution >= 0.6 is 11.6 Å². The minimum absolute atomic E-state index is 0.0716. The second kappa shape index (κ2) is 8.80. The van der Waals surface area contributed by atoms with Crippen LogP contribution in [0.2, 0.25) is 5.02 Å². The number of halogens is 1. The van der Waals surface area contributed by atoms with Crippen molar-refractivity contribution >= 4 is 27.3 Å². The molecule has 2 N–H and O–H groups in total. The van der Waals surface area contributed by atoms with E-state index in [-0.39, 0.29) is 22.0 Å². The van der Waals surface area contributed by atoms with Gasteiger partial charge in [-0.05, 0) is 48.6 Å². The molecule has 3 aromatic rings. The number of nitrogens with zero attached hydrogens (tertiary/aromatic N) is 4. The summed E-state index contributed by atoms with van der Waals surface area (Å²) in [6, 6.07) is 8.59. The molecule has 0 aliphatic carbocycles. The van der Waals surface area contributed by atoms with E-state index in [1.807, 2.05) is 16.7 Å². The van der Waals surface area contributed by atoms with Crippen molar-refractivity contribution in [1.29, 1.82) is 0 Å². The fourth-order valence-electron chi connectivity index (χ4n) is 3.78. The number of pyridine rings is 1. The van der Waals surface area contributed by atoms with E-state index in [4.69, 9.17) is 11.6 Å². The Morgan fingerprint density at radius 1 is 1.22 bits per heavy atom. The lowest BCUT2D eigenvalue weighted by Crippen LogP contribution is -2.31. The van der Waals surface area contributed by atoms with Crippen molar-refractivity contribution in [2.75, 3.05) is 17.8 Å². The zero-order valence-corrected chi connectivity index (χ0v) is 19.9. The predicted octanol–water partition coefficient (Wildman–Crippen LogP) is 4.02. The Balaban J connectivity index is 1.69. The van der Waals surface area contributed by atoms with Gasteiger partial charge in [0.2, 0.25) is 0 Å². The molecule has 1 atom stereocenters. The average molecular weight is 475 g/mol. The monoisotopic (exact) mass is 474 g/mol. The Bertz CT molecular complexity index is 1200. The molecule has 0 spiro atoms. The topological polar surface area (TPSA) is 102 Å². The largest absolute Gasteiger partial charge is 0.315 e. The molecule has 1 aliphatic heterocycles. The Hall–Kier alpha value is -2.49. The molecule has 0 bridgehead atoms. The van der Waals surface area contributed by atoms with Gasteiger partial charge in [-0.15, -0.1) is 10.2 Å². The van der Waals surface area contributed by atoms with E-state index in [0.717, 1.165) is 31.5 Å². The first-order valence-corrected chi connectivity index (χ1v) is 12.4. The van der Waals surface area contributed by atoms with Crippen molar-refractivity contribution < 1.29 is 8.42 Å². The molecule has 1 aromatic carbocycles. The van der Waals surface area contributed by atoms with Crippen LogP contribution in [0.25, 0.3) is 11.5 Å². The van der Waals surface area contributed by atoms with Crippen LogP contribution in [0.5, 0.6) is 0 Å². The second-order valence-electron chi connectivity index (χ2n) is 8.99. The van der Waals surface area contributed by atoms with E-state index in [2.05, 4.69) is 46.0 Å². The Labute approximate surface area is 193 Å². The molecule has 32 heavy (non-hydrogen) atoms. The van der Waals surface area contributed by atoms with E-state index in [9.17, 15) is 8.42 Å². The van der Waals surface area contributed by atoms with Crippen molar-refractivity contribution in [3.05, 3.63) is 53.4 Å². The van der Waals surface area contributed by atoms with Gasteiger partial charge < -0.3 is 9.88 Å². The van der Waals surface area contributed by atoms with Crippen LogP contribution in [0, 0.1) is 0 Å². The number of sulfonamides is 1. The van der Waals surface area contributed by atoms with E-state index < -0.39 is 10.0 Å². The maximum atomic E-state index is 13.1. The molecule has 0 saturated carbocycles. The summed E-state index contributed by atoms with van der Waals surface area (Å²) in [6.45, 7) is 8.01. The fraction of sp³-hybridized carbons (Fsp3) is 0.409. The summed E-state index contributed by atoms with van der Waals surface area (Å²) in [7, 11) is -3.86. The minimum Gasteiger partial charge on any atom is -0.315 e. The summed E-state index contributed by atoms with van der Waals surface area (Å²) in [5.41, 5.74) is 1.62. The highest BCUT2D eigenvalue weighted by Gasteiger charge is 2.24. The number of piperidine rings is 1. The van der Waals surface area contributed by atoms with E-state index >= 15 is 0 Å². The van der Waals surface area contributed by atoms with Gasteiger partial charge in [-0.3, -0.25) is 4.72 Å². The van der Waals surface area contributed by atoms with Crippen LogP contribution in [-0.4, -0.2) is 41.3 Å². The van der Waals surface area contributed by atoms with Crippen molar-refractivity contribution in [2.45, 2.75) is 50.0 Å². The average Bonchev–Trinajstić information content (AvgIpc) is 3.23. The summed E-state index contributed by atoms with van der Waals surface area (Å²) in [5.74, 6) is 0.496. The highest BCUT2D eigenvalue weighted by Crippen LogP contribution is 2.32. The molecule has 170 valence electrons. The summed E-state index contributed by atoms with van der Waals surface area (Å²) < 4.78 is 30.9. The summed E-state index contributed by atoms with van der Waals surface area (Å²) in [5, 5.41) is 12.0. The van der Waals surface area contributed by atoms with Gasteiger partial charge in [0.05, 0.1) is 15.6 Å². The third-order valence-corrected chi connectivity index (χ3v) is 7.17. The molecular weight excluding hydrogens is 448 g/mol. The van der Waals surface area contributed by atoms with Crippen molar-refractivity contribution in [3.63, 3.8) is 0 Å². The Kier molecular flexibility index (Phi) is 6.24. The molecule has 2 aromatic heterocycles. The van der Waals surface area contributed by atoms with E-state index in [0.29, 0.717) is 16.5 Å². The first-order valence-electron chi connectivity index (χ1n) is 10.5. The third-order valence-electron chi connectivity index (χ3n) is 5.58. The quantitative estimate of drug-likeness (QED) is 0.579. The third kappa shape index (κ3) is 4.79. The molecule has 0 amide bonds. The molecular formula is C22H27ClN6O2S. The standard InChI is InChI=1S/C22H27ClN6O2S/c1-22(2,3)15-6-8-18(9-7-15)32(30,31)28-19-11-16(23)12-25-20(19)21-27-26-14-29(21)17-5-4-10-24-13-17/h6-9,11-12,14,17,24,28H,4-5,10,13H2,1-3H3. The number of benzene rings is 1.